The van der Waals surface area contributed by atoms with E-state index < -0.39 is 0 Å². The Bertz CT molecular complexity index is 1200. The standard InChI is InChI=1S/C24H23N5O2/c1-31-20-11-9-17(10-12-20)22-27-21-8-5-14-25-23(21)29(22)19-13-15-28(16-19)24(30)26-18-6-3-2-4-7-18/h2-12,14,19H,13,15-16H2,1H3,(H,26,30)/t19-/m1/s1. The summed E-state index contributed by atoms with van der Waals surface area (Å²) < 4.78 is 7.47. The van der Waals surface area contributed by atoms with Crippen LogP contribution >= 0.6 is 0 Å². The molecule has 0 radical (unpaired) electrons. The summed E-state index contributed by atoms with van der Waals surface area (Å²) in [5.41, 5.74) is 3.47. The second-order valence-corrected chi connectivity index (χ2v) is 7.56. The van der Waals surface area contributed by atoms with Crippen molar-refractivity contribution in [3.05, 3.63) is 72.9 Å². The lowest BCUT2D eigenvalue weighted by Crippen LogP contribution is -2.33. The SMILES string of the molecule is COc1ccc(-c2nc3cccnc3n2[C@@H]2CCN(C(=O)Nc3ccccc3)C2)cc1. The third-order valence-corrected chi connectivity index (χ3v) is 5.64. The molecule has 7 heteroatoms. The van der Waals surface area contributed by atoms with Crippen molar-refractivity contribution in [2.75, 3.05) is 25.5 Å². The van der Waals surface area contributed by atoms with Gasteiger partial charge in [0.1, 0.15) is 17.1 Å². The number of hydrogen-bond donors (Lipinski definition) is 1. The number of nitrogens with one attached hydrogen (secondary N) is 1. The van der Waals surface area contributed by atoms with Crippen LogP contribution < -0.4 is 10.1 Å². The lowest BCUT2D eigenvalue weighted by atomic mass is 10.2. The first-order chi connectivity index (χ1) is 15.2. The maximum Gasteiger partial charge on any atom is 0.321 e. The number of rotatable bonds is 4. The monoisotopic (exact) mass is 413 g/mol. The Morgan fingerprint density at radius 2 is 1.87 bits per heavy atom. The van der Waals surface area contributed by atoms with E-state index in [1.54, 1.807) is 13.3 Å². The molecule has 1 N–H and O–H groups in total. The molecule has 1 aliphatic rings. The van der Waals surface area contributed by atoms with Crippen LogP contribution in [0.3, 0.4) is 0 Å². The topological polar surface area (TPSA) is 72.3 Å². The molecule has 4 aromatic rings. The molecule has 3 heterocycles. The fraction of sp³-hybridized carbons (Fsp3) is 0.208. The molecule has 2 amide bonds. The fourth-order valence-electron chi connectivity index (χ4n) is 4.08. The van der Waals surface area contributed by atoms with Crippen molar-refractivity contribution in [2.45, 2.75) is 12.5 Å². The van der Waals surface area contributed by atoms with Crippen LogP contribution in [0.25, 0.3) is 22.6 Å². The van der Waals surface area contributed by atoms with Crippen LogP contribution in [0.15, 0.2) is 72.9 Å². The molecule has 1 aliphatic heterocycles. The van der Waals surface area contributed by atoms with E-state index in [2.05, 4.69) is 14.9 Å². The summed E-state index contributed by atoms with van der Waals surface area (Å²) in [6.45, 7) is 1.28. The zero-order valence-electron chi connectivity index (χ0n) is 17.2. The second kappa shape index (κ2) is 8.10. The number of methoxy groups -OCH3 is 1. The van der Waals surface area contributed by atoms with Crippen LogP contribution in [0.5, 0.6) is 5.75 Å². The highest BCUT2D eigenvalue weighted by molar-refractivity contribution is 5.89. The first kappa shape index (κ1) is 19.1. The third-order valence-electron chi connectivity index (χ3n) is 5.64. The number of anilines is 1. The Balaban J connectivity index is 1.45. The molecule has 7 nitrogen and oxygen atoms in total. The van der Waals surface area contributed by atoms with Crippen LogP contribution in [-0.4, -0.2) is 45.7 Å². The Kier molecular flexibility index (Phi) is 5.00. The number of urea groups is 1. The summed E-state index contributed by atoms with van der Waals surface area (Å²) in [5, 5.41) is 2.98. The number of carbonyl (C=O) groups excluding carboxylic acids is 1. The maximum absolute atomic E-state index is 12.8. The Morgan fingerprint density at radius 1 is 1.06 bits per heavy atom. The fourth-order valence-corrected chi connectivity index (χ4v) is 4.08. The predicted octanol–water partition coefficient (Wildman–Crippen LogP) is 4.59. The quantitative estimate of drug-likeness (QED) is 0.531. The highest BCUT2D eigenvalue weighted by Gasteiger charge is 2.31. The number of amides is 2. The van der Waals surface area contributed by atoms with Crippen molar-refractivity contribution in [2.24, 2.45) is 0 Å². The number of aromatic nitrogens is 3. The highest BCUT2D eigenvalue weighted by Crippen LogP contribution is 2.33. The van der Waals surface area contributed by atoms with Crippen LogP contribution in [0, 0.1) is 0 Å². The van der Waals surface area contributed by atoms with Crippen LogP contribution in [0.4, 0.5) is 10.5 Å². The van der Waals surface area contributed by atoms with Gasteiger partial charge in [0, 0.05) is 30.5 Å². The molecule has 0 saturated carbocycles. The second-order valence-electron chi connectivity index (χ2n) is 7.56. The molecule has 2 aromatic carbocycles. The number of para-hydroxylation sites is 1. The molecule has 0 unspecified atom stereocenters. The Morgan fingerprint density at radius 3 is 2.65 bits per heavy atom. The molecule has 1 fully saturated rings. The van der Waals surface area contributed by atoms with Crippen LogP contribution in [0.2, 0.25) is 0 Å². The first-order valence-electron chi connectivity index (χ1n) is 10.3. The number of imidazole rings is 1. The van der Waals surface area contributed by atoms with E-state index in [4.69, 9.17) is 9.72 Å². The number of fused-ring (bicyclic) bond motifs is 1. The summed E-state index contributed by atoms with van der Waals surface area (Å²) in [6.07, 6.45) is 2.63. The first-order valence-corrected chi connectivity index (χ1v) is 10.3. The van der Waals surface area contributed by atoms with Gasteiger partial charge in [0.05, 0.1) is 13.2 Å². The average molecular weight is 413 g/mol. The van der Waals surface area contributed by atoms with Gasteiger partial charge < -0.3 is 19.5 Å². The van der Waals surface area contributed by atoms with Gasteiger partial charge in [-0.2, -0.15) is 0 Å². The minimum absolute atomic E-state index is 0.0860. The van der Waals surface area contributed by atoms with Gasteiger partial charge in [-0.15, -0.1) is 0 Å². The van der Waals surface area contributed by atoms with Crippen molar-refractivity contribution in [1.29, 1.82) is 0 Å². The third kappa shape index (κ3) is 3.70. The molecular formula is C24H23N5O2. The van der Waals surface area contributed by atoms with E-state index in [1.807, 2.05) is 71.6 Å². The molecule has 2 aromatic heterocycles. The van der Waals surface area contributed by atoms with E-state index in [9.17, 15) is 4.79 Å². The van der Waals surface area contributed by atoms with Crippen molar-refractivity contribution < 1.29 is 9.53 Å². The van der Waals surface area contributed by atoms with Gasteiger partial charge in [0.25, 0.3) is 0 Å². The summed E-state index contributed by atoms with van der Waals surface area (Å²) in [5.74, 6) is 1.65. The van der Waals surface area contributed by atoms with Gasteiger partial charge in [0.15, 0.2) is 5.65 Å². The number of carbonyl (C=O) groups is 1. The Hall–Kier alpha value is -3.87. The van der Waals surface area contributed by atoms with E-state index in [0.717, 1.165) is 40.4 Å². The molecule has 1 atom stereocenters. The van der Waals surface area contributed by atoms with E-state index in [0.29, 0.717) is 13.1 Å². The van der Waals surface area contributed by atoms with Crippen LogP contribution in [0.1, 0.15) is 12.5 Å². The largest absolute Gasteiger partial charge is 0.497 e. The molecule has 1 saturated heterocycles. The number of ether oxygens (including phenoxy) is 1. The molecule has 5 rings (SSSR count). The normalized spacial score (nSPS) is 15.9. The van der Waals surface area contributed by atoms with Crippen molar-refractivity contribution in [3.8, 4) is 17.1 Å². The maximum atomic E-state index is 12.8. The number of benzene rings is 2. The smallest absolute Gasteiger partial charge is 0.321 e. The molecule has 31 heavy (non-hydrogen) atoms. The lowest BCUT2D eigenvalue weighted by Gasteiger charge is -2.19. The molecule has 156 valence electrons. The number of likely N-dealkylation sites (tertiary alicyclic amines) is 1. The number of hydrogen-bond acceptors (Lipinski definition) is 4. The Labute approximate surface area is 180 Å². The summed E-state index contributed by atoms with van der Waals surface area (Å²) >= 11 is 0. The minimum atomic E-state index is -0.0860. The molecular weight excluding hydrogens is 390 g/mol. The molecule has 0 aliphatic carbocycles. The van der Waals surface area contributed by atoms with Gasteiger partial charge in [0.2, 0.25) is 0 Å². The summed E-state index contributed by atoms with van der Waals surface area (Å²) in [6, 6.07) is 21.3. The zero-order chi connectivity index (χ0) is 21.2. The van der Waals surface area contributed by atoms with Crippen LogP contribution in [-0.2, 0) is 0 Å². The van der Waals surface area contributed by atoms with Crippen molar-refractivity contribution in [1.82, 2.24) is 19.4 Å². The molecule has 0 bridgehead atoms. The van der Waals surface area contributed by atoms with Gasteiger partial charge in [-0.1, -0.05) is 18.2 Å². The van der Waals surface area contributed by atoms with Crippen molar-refractivity contribution in [3.63, 3.8) is 0 Å². The van der Waals surface area contributed by atoms with Gasteiger partial charge in [-0.25, -0.2) is 14.8 Å². The zero-order valence-corrected chi connectivity index (χ0v) is 17.2. The number of pyridine rings is 1. The lowest BCUT2D eigenvalue weighted by molar-refractivity contribution is 0.221. The van der Waals surface area contributed by atoms with E-state index in [-0.39, 0.29) is 12.1 Å². The van der Waals surface area contributed by atoms with Gasteiger partial charge in [-0.3, -0.25) is 0 Å². The van der Waals surface area contributed by atoms with Gasteiger partial charge >= 0.3 is 6.03 Å². The predicted molar refractivity (Wildman–Crippen MR) is 120 cm³/mol. The summed E-state index contributed by atoms with van der Waals surface area (Å²) in [7, 11) is 1.65. The average Bonchev–Trinajstić information content (AvgIpc) is 3.44. The van der Waals surface area contributed by atoms with E-state index >= 15 is 0 Å². The van der Waals surface area contributed by atoms with Crippen molar-refractivity contribution >= 4 is 22.9 Å². The molecule has 0 spiro atoms. The number of nitrogens with zero attached hydrogens (tertiary/aromatic N) is 4. The minimum Gasteiger partial charge on any atom is -0.497 e. The van der Waals surface area contributed by atoms with E-state index in [1.165, 1.54) is 0 Å². The highest BCUT2D eigenvalue weighted by atomic mass is 16.5. The van der Waals surface area contributed by atoms with Gasteiger partial charge in [-0.05, 0) is 55.0 Å². The summed E-state index contributed by atoms with van der Waals surface area (Å²) in [4.78, 5) is 24.1.